The lowest BCUT2D eigenvalue weighted by Crippen LogP contribution is -2.50. The van der Waals surface area contributed by atoms with E-state index in [1.165, 1.54) is 0 Å². The second-order valence-corrected chi connectivity index (χ2v) is 8.88. The van der Waals surface area contributed by atoms with Gasteiger partial charge in [0.05, 0.1) is 24.8 Å². The maximum Gasteiger partial charge on any atom is 0.261 e. The number of nitriles is 1. The third-order valence-corrected chi connectivity index (χ3v) is 6.82. The number of likely N-dealkylation sites (tertiary alicyclic amines) is 1. The zero-order chi connectivity index (χ0) is 19.2. The molecule has 3 heterocycles. The van der Waals surface area contributed by atoms with Gasteiger partial charge in [0.1, 0.15) is 5.92 Å². The third-order valence-electron chi connectivity index (χ3n) is 6.82. The van der Waals surface area contributed by atoms with Crippen molar-refractivity contribution < 1.29 is 18.7 Å². The number of halogens is 2. The van der Waals surface area contributed by atoms with E-state index in [1.807, 2.05) is 13.8 Å². The Labute approximate surface area is 153 Å². The van der Waals surface area contributed by atoms with E-state index in [0.717, 1.165) is 25.7 Å². The molecule has 3 rings (SSSR count). The van der Waals surface area contributed by atoms with Crippen molar-refractivity contribution in [3.63, 3.8) is 0 Å². The molecule has 1 N–H and O–H groups in total. The monoisotopic (exact) mass is 369 g/mol. The summed E-state index contributed by atoms with van der Waals surface area (Å²) in [5.74, 6) is -3.62. The fourth-order valence-electron chi connectivity index (χ4n) is 4.99. The molecule has 0 radical (unpaired) electrons. The number of hydrogen-bond acceptors (Lipinski definition) is 4. The number of nitrogens with zero attached hydrogens (tertiary/aromatic N) is 3. The average Bonchev–Trinajstić information content (AvgIpc) is 3.26. The van der Waals surface area contributed by atoms with E-state index in [2.05, 4.69) is 6.07 Å². The molecule has 0 aromatic carbocycles. The van der Waals surface area contributed by atoms with E-state index >= 15 is 0 Å². The summed E-state index contributed by atoms with van der Waals surface area (Å²) >= 11 is 0. The van der Waals surface area contributed by atoms with Gasteiger partial charge in [-0.3, -0.25) is 9.69 Å². The molecule has 0 saturated carbocycles. The second kappa shape index (κ2) is 6.72. The van der Waals surface area contributed by atoms with Crippen molar-refractivity contribution in [3.05, 3.63) is 0 Å². The van der Waals surface area contributed by atoms with Crippen LogP contribution in [-0.2, 0) is 4.79 Å². The zero-order valence-electron chi connectivity index (χ0n) is 15.7. The molecule has 3 aliphatic heterocycles. The summed E-state index contributed by atoms with van der Waals surface area (Å²) in [6, 6.07) is 2.26. The van der Waals surface area contributed by atoms with Crippen LogP contribution in [0.25, 0.3) is 0 Å². The van der Waals surface area contributed by atoms with Crippen LogP contribution in [0.4, 0.5) is 8.78 Å². The second-order valence-electron chi connectivity index (χ2n) is 8.88. The van der Waals surface area contributed by atoms with Gasteiger partial charge >= 0.3 is 0 Å². The molecule has 1 unspecified atom stereocenters. The molecule has 0 aromatic rings. The van der Waals surface area contributed by atoms with Gasteiger partial charge in [0.15, 0.2) is 0 Å². The SMILES string of the molecule is CC(C)(CCC(C#N)C(=O)N1C2CCC1(CO)CC2)N1CCC(F)(F)C1. The number of fused-ring (bicyclic) bond motifs is 2. The molecule has 7 heteroatoms. The summed E-state index contributed by atoms with van der Waals surface area (Å²) in [4.78, 5) is 16.5. The Balaban J connectivity index is 1.63. The number of carbonyl (C=O) groups excluding carboxylic acids is 1. The molecule has 3 fully saturated rings. The van der Waals surface area contributed by atoms with E-state index in [1.54, 1.807) is 9.80 Å². The predicted molar refractivity (Wildman–Crippen MR) is 92.5 cm³/mol. The van der Waals surface area contributed by atoms with Crippen molar-refractivity contribution >= 4 is 5.91 Å². The molecule has 1 atom stereocenters. The first-order chi connectivity index (χ1) is 12.1. The smallest absolute Gasteiger partial charge is 0.261 e. The molecular formula is C19H29F2N3O2. The van der Waals surface area contributed by atoms with Crippen LogP contribution < -0.4 is 0 Å². The number of hydrogen-bond donors (Lipinski definition) is 1. The minimum atomic E-state index is -2.65. The van der Waals surface area contributed by atoms with Crippen molar-refractivity contribution in [1.29, 1.82) is 5.26 Å². The number of alkyl halides is 2. The molecule has 0 spiro atoms. The van der Waals surface area contributed by atoms with Crippen molar-refractivity contribution in [2.75, 3.05) is 19.7 Å². The normalized spacial score (nSPS) is 32.0. The van der Waals surface area contributed by atoms with Crippen LogP contribution in [0.3, 0.4) is 0 Å². The first-order valence-corrected chi connectivity index (χ1v) is 9.61. The summed E-state index contributed by atoms with van der Waals surface area (Å²) in [5.41, 5.74) is -0.961. The molecular weight excluding hydrogens is 340 g/mol. The van der Waals surface area contributed by atoms with E-state index in [0.29, 0.717) is 19.4 Å². The fourth-order valence-corrected chi connectivity index (χ4v) is 4.99. The van der Waals surface area contributed by atoms with Crippen LogP contribution in [0.2, 0.25) is 0 Å². The Morgan fingerprint density at radius 1 is 1.35 bits per heavy atom. The number of carbonyl (C=O) groups is 1. The molecule has 5 nitrogen and oxygen atoms in total. The summed E-state index contributed by atoms with van der Waals surface area (Å²) in [6.07, 6.45) is 4.11. The maximum absolute atomic E-state index is 13.5. The Morgan fingerprint density at radius 2 is 2.00 bits per heavy atom. The van der Waals surface area contributed by atoms with Gasteiger partial charge in [-0.25, -0.2) is 8.78 Å². The van der Waals surface area contributed by atoms with Crippen LogP contribution in [0, 0.1) is 17.2 Å². The highest BCUT2D eigenvalue weighted by atomic mass is 19.3. The standard InChI is InChI=1S/C19H29F2N3O2/c1-17(2,23-10-9-19(20,21)12-23)6-3-14(11-22)16(26)24-15-4-7-18(24,13-25)8-5-15/h14-15,25H,3-10,12-13H2,1-2H3. The summed E-state index contributed by atoms with van der Waals surface area (Å²) in [5, 5.41) is 19.4. The Kier molecular flexibility index (Phi) is 5.04. The molecule has 2 bridgehead atoms. The quantitative estimate of drug-likeness (QED) is 0.781. The van der Waals surface area contributed by atoms with Gasteiger partial charge in [-0.05, 0) is 52.4 Å². The lowest BCUT2D eigenvalue weighted by molar-refractivity contribution is -0.139. The Bertz CT molecular complexity index is 594. The van der Waals surface area contributed by atoms with Gasteiger partial charge in [0, 0.05) is 24.5 Å². The molecule has 146 valence electrons. The van der Waals surface area contributed by atoms with E-state index in [4.69, 9.17) is 0 Å². The Morgan fingerprint density at radius 3 is 2.50 bits per heavy atom. The fraction of sp³-hybridized carbons (Fsp3) is 0.895. The van der Waals surface area contributed by atoms with Crippen LogP contribution in [0.15, 0.2) is 0 Å². The number of aliphatic hydroxyl groups is 1. The molecule has 3 aliphatic rings. The minimum Gasteiger partial charge on any atom is -0.394 e. The molecule has 0 aliphatic carbocycles. The summed E-state index contributed by atoms with van der Waals surface area (Å²) < 4.78 is 27.0. The zero-order valence-corrected chi connectivity index (χ0v) is 15.7. The van der Waals surface area contributed by atoms with Crippen LogP contribution >= 0.6 is 0 Å². The van der Waals surface area contributed by atoms with Crippen LogP contribution in [0.1, 0.15) is 58.8 Å². The van der Waals surface area contributed by atoms with Crippen molar-refractivity contribution in [3.8, 4) is 6.07 Å². The van der Waals surface area contributed by atoms with Crippen molar-refractivity contribution in [2.24, 2.45) is 5.92 Å². The largest absolute Gasteiger partial charge is 0.394 e. The molecule has 0 aromatic heterocycles. The van der Waals surface area contributed by atoms with E-state index in [-0.39, 0.29) is 31.5 Å². The minimum absolute atomic E-state index is 0.0538. The van der Waals surface area contributed by atoms with Gasteiger partial charge in [-0.1, -0.05) is 0 Å². The lowest BCUT2D eigenvalue weighted by atomic mass is 9.88. The first-order valence-electron chi connectivity index (χ1n) is 9.61. The highest BCUT2D eigenvalue weighted by Crippen LogP contribution is 2.47. The Hall–Kier alpha value is -1.26. The molecule has 3 saturated heterocycles. The van der Waals surface area contributed by atoms with Gasteiger partial charge in [0.25, 0.3) is 5.92 Å². The first kappa shape index (κ1) is 19.5. The van der Waals surface area contributed by atoms with Crippen LogP contribution in [0.5, 0.6) is 0 Å². The average molecular weight is 369 g/mol. The van der Waals surface area contributed by atoms with Crippen molar-refractivity contribution in [1.82, 2.24) is 9.80 Å². The third kappa shape index (κ3) is 3.34. The lowest BCUT2D eigenvalue weighted by Gasteiger charge is -2.37. The highest BCUT2D eigenvalue weighted by molar-refractivity contribution is 5.83. The van der Waals surface area contributed by atoms with Crippen molar-refractivity contribution in [2.45, 2.75) is 81.8 Å². The predicted octanol–water partition coefficient (Wildman–Crippen LogP) is 2.54. The number of amides is 1. The number of rotatable bonds is 6. The van der Waals surface area contributed by atoms with Gasteiger partial charge in [-0.15, -0.1) is 0 Å². The van der Waals surface area contributed by atoms with Gasteiger partial charge < -0.3 is 10.0 Å². The summed E-state index contributed by atoms with van der Waals surface area (Å²) in [7, 11) is 0. The highest BCUT2D eigenvalue weighted by Gasteiger charge is 2.54. The molecule has 1 amide bonds. The maximum atomic E-state index is 13.5. The topological polar surface area (TPSA) is 67.6 Å². The van der Waals surface area contributed by atoms with Gasteiger partial charge in [-0.2, -0.15) is 5.26 Å². The van der Waals surface area contributed by atoms with E-state index in [9.17, 15) is 23.9 Å². The van der Waals surface area contributed by atoms with Crippen LogP contribution in [-0.4, -0.2) is 63.6 Å². The number of aliphatic hydroxyl groups excluding tert-OH is 1. The van der Waals surface area contributed by atoms with Gasteiger partial charge in [0.2, 0.25) is 5.91 Å². The molecule has 26 heavy (non-hydrogen) atoms. The van der Waals surface area contributed by atoms with E-state index < -0.39 is 22.9 Å². The summed E-state index contributed by atoms with van der Waals surface area (Å²) in [6.45, 7) is 3.84.